The van der Waals surface area contributed by atoms with E-state index in [4.69, 9.17) is 0 Å². The standard InChI is InChI=1S/C15H21BrN2O/c1-2-3-11-4-6-13(7-5-11)18-15(19)12-8-9-17-14(16)10-12/h8-11,13H,2-7H2,1H3,(H,18,19). The summed E-state index contributed by atoms with van der Waals surface area (Å²) in [5, 5.41) is 3.14. The van der Waals surface area contributed by atoms with Crippen LogP contribution in [-0.2, 0) is 0 Å². The number of rotatable bonds is 4. The topological polar surface area (TPSA) is 42.0 Å². The van der Waals surface area contributed by atoms with Gasteiger partial charge in [-0.25, -0.2) is 4.98 Å². The monoisotopic (exact) mass is 324 g/mol. The van der Waals surface area contributed by atoms with Gasteiger partial charge in [-0.2, -0.15) is 0 Å². The van der Waals surface area contributed by atoms with Gasteiger partial charge in [0, 0.05) is 17.8 Å². The summed E-state index contributed by atoms with van der Waals surface area (Å²) in [6.07, 6.45) is 8.98. The minimum atomic E-state index is 0.0158. The molecule has 1 saturated carbocycles. The zero-order chi connectivity index (χ0) is 13.7. The van der Waals surface area contributed by atoms with Crippen molar-refractivity contribution in [2.45, 2.75) is 51.5 Å². The first-order valence-corrected chi connectivity index (χ1v) is 7.90. The number of hydrogen-bond donors (Lipinski definition) is 1. The number of nitrogens with zero attached hydrogens (tertiary/aromatic N) is 1. The average Bonchev–Trinajstić information content (AvgIpc) is 2.41. The van der Waals surface area contributed by atoms with Crippen LogP contribution in [0.2, 0.25) is 0 Å². The summed E-state index contributed by atoms with van der Waals surface area (Å²) in [5.41, 5.74) is 0.678. The van der Waals surface area contributed by atoms with Crippen LogP contribution in [0, 0.1) is 5.92 Å². The van der Waals surface area contributed by atoms with Crippen molar-refractivity contribution >= 4 is 21.8 Å². The number of pyridine rings is 1. The second-order valence-electron chi connectivity index (χ2n) is 5.35. The van der Waals surface area contributed by atoms with Crippen LogP contribution in [0.15, 0.2) is 22.9 Å². The van der Waals surface area contributed by atoms with Crippen molar-refractivity contribution in [3.63, 3.8) is 0 Å². The highest BCUT2D eigenvalue weighted by atomic mass is 79.9. The molecule has 0 atom stereocenters. The zero-order valence-corrected chi connectivity index (χ0v) is 12.9. The fraction of sp³-hybridized carbons (Fsp3) is 0.600. The molecule has 1 aliphatic carbocycles. The van der Waals surface area contributed by atoms with Crippen molar-refractivity contribution in [2.75, 3.05) is 0 Å². The molecule has 4 heteroatoms. The van der Waals surface area contributed by atoms with Crippen LogP contribution in [0.1, 0.15) is 55.8 Å². The lowest BCUT2D eigenvalue weighted by atomic mass is 9.83. The molecule has 0 radical (unpaired) electrons. The minimum absolute atomic E-state index is 0.0158. The van der Waals surface area contributed by atoms with E-state index in [9.17, 15) is 4.79 Å². The van der Waals surface area contributed by atoms with Gasteiger partial charge in [0.05, 0.1) is 0 Å². The molecule has 0 aromatic carbocycles. The van der Waals surface area contributed by atoms with Crippen molar-refractivity contribution in [2.24, 2.45) is 5.92 Å². The molecular weight excluding hydrogens is 304 g/mol. The summed E-state index contributed by atoms with van der Waals surface area (Å²) in [6.45, 7) is 2.25. The van der Waals surface area contributed by atoms with Crippen molar-refractivity contribution in [3.05, 3.63) is 28.5 Å². The van der Waals surface area contributed by atoms with Gasteiger partial charge < -0.3 is 5.32 Å². The van der Waals surface area contributed by atoms with E-state index in [2.05, 4.69) is 33.2 Å². The number of hydrogen-bond acceptors (Lipinski definition) is 2. The molecule has 0 saturated heterocycles. The lowest BCUT2D eigenvalue weighted by Gasteiger charge is -2.28. The van der Waals surface area contributed by atoms with Gasteiger partial charge >= 0.3 is 0 Å². The SMILES string of the molecule is CCCC1CCC(NC(=O)c2ccnc(Br)c2)CC1. The minimum Gasteiger partial charge on any atom is -0.349 e. The van der Waals surface area contributed by atoms with Crippen molar-refractivity contribution < 1.29 is 4.79 Å². The molecule has 104 valence electrons. The Balaban J connectivity index is 1.84. The largest absolute Gasteiger partial charge is 0.349 e. The van der Waals surface area contributed by atoms with Crippen LogP contribution in [0.3, 0.4) is 0 Å². The smallest absolute Gasteiger partial charge is 0.251 e. The molecule has 1 amide bonds. The van der Waals surface area contributed by atoms with Gasteiger partial charge in [-0.15, -0.1) is 0 Å². The van der Waals surface area contributed by atoms with E-state index in [0.29, 0.717) is 16.2 Å². The molecule has 1 heterocycles. The summed E-state index contributed by atoms with van der Waals surface area (Å²) in [5.74, 6) is 0.885. The van der Waals surface area contributed by atoms with Gasteiger partial charge in [-0.1, -0.05) is 19.8 Å². The molecule has 3 nitrogen and oxygen atoms in total. The van der Waals surface area contributed by atoms with Gasteiger partial charge in [-0.05, 0) is 59.7 Å². The number of halogens is 1. The summed E-state index contributed by atoms with van der Waals surface area (Å²) in [4.78, 5) is 16.1. The summed E-state index contributed by atoms with van der Waals surface area (Å²) in [7, 11) is 0. The summed E-state index contributed by atoms with van der Waals surface area (Å²) >= 11 is 3.29. The number of amides is 1. The van der Waals surface area contributed by atoms with Crippen LogP contribution in [0.5, 0.6) is 0 Å². The Labute approximate surface area is 123 Å². The van der Waals surface area contributed by atoms with Crippen LogP contribution in [0.25, 0.3) is 0 Å². The quantitative estimate of drug-likeness (QED) is 0.852. The predicted octanol–water partition coefficient (Wildman–Crippen LogP) is 3.93. The fourth-order valence-corrected chi connectivity index (χ4v) is 3.18. The number of carbonyl (C=O) groups excluding carboxylic acids is 1. The maximum atomic E-state index is 12.1. The third-order valence-corrected chi connectivity index (χ3v) is 4.30. The summed E-state index contributed by atoms with van der Waals surface area (Å²) < 4.78 is 0.701. The predicted molar refractivity (Wildman–Crippen MR) is 80.1 cm³/mol. The van der Waals surface area contributed by atoms with E-state index < -0.39 is 0 Å². The molecule has 1 aliphatic rings. The van der Waals surface area contributed by atoms with E-state index in [-0.39, 0.29) is 5.91 Å². The Morgan fingerprint density at radius 2 is 2.16 bits per heavy atom. The van der Waals surface area contributed by atoms with Crippen molar-refractivity contribution in [1.82, 2.24) is 10.3 Å². The lowest BCUT2D eigenvalue weighted by Crippen LogP contribution is -2.37. The van der Waals surface area contributed by atoms with Crippen LogP contribution in [0.4, 0.5) is 0 Å². The Morgan fingerprint density at radius 1 is 1.42 bits per heavy atom. The Kier molecular flexibility index (Phi) is 5.37. The highest BCUT2D eigenvalue weighted by Crippen LogP contribution is 2.27. The summed E-state index contributed by atoms with van der Waals surface area (Å²) in [6, 6.07) is 3.86. The number of carbonyl (C=O) groups is 1. The second-order valence-corrected chi connectivity index (χ2v) is 6.16. The maximum absolute atomic E-state index is 12.1. The fourth-order valence-electron chi connectivity index (χ4n) is 2.82. The third kappa shape index (κ3) is 4.30. The molecule has 1 aromatic heterocycles. The highest BCUT2D eigenvalue weighted by molar-refractivity contribution is 9.10. The zero-order valence-electron chi connectivity index (χ0n) is 11.4. The molecule has 2 rings (SSSR count). The van der Waals surface area contributed by atoms with E-state index >= 15 is 0 Å². The highest BCUT2D eigenvalue weighted by Gasteiger charge is 2.22. The normalized spacial score (nSPS) is 23.1. The van der Waals surface area contributed by atoms with Gasteiger partial charge in [-0.3, -0.25) is 4.79 Å². The molecule has 19 heavy (non-hydrogen) atoms. The van der Waals surface area contributed by atoms with Crippen LogP contribution >= 0.6 is 15.9 Å². The van der Waals surface area contributed by atoms with Gasteiger partial charge in [0.2, 0.25) is 0 Å². The van der Waals surface area contributed by atoms with Crippen molar-refractivity contribution in [1.29, 1.82) is 0 Å². The molecular formula is C15H21BrN2O. The molecule has 1 fully saturated rings. The third-order valence-electron chi connectivity index (χ3n) is 3.87. The first-order valence-electron chi connectivity index (χ1n) is 7.11. The molecule has 0 aliphatic heterocycles. The van der Waals surface area contributed by atoms with Crippen molar-refractivity contribution in [3.8, 4) is 0 Å². The molecule has 0 spiro atoms. The second kappa shape index (κ2) is 7.04. The van der Waals surface area contributed by atoms with E-state index in [0.717, 1.165) is 18.8 Å². The number of nitrogens with one attached hydrogen (secondary N) is 1. The van der Waals surface area contributed by atoms with E-state index in [1.165, 1.54) is 25.7 Å². The first-order chi connectivity index (χ1) is 9.19. The number of aromatic nitrogens is 1. The van der Waals surface area contributed by atoms with Gasteiger partial charge in [0.15, 0.2) is 0 Å². The molecule has 0 unspecified atom stereocenters. The molecule has 1 aromatic rings. The Bertz CT molecular complexity index is 428. The lowest BCUT2D eigenvalue weighted by molar-refractivity contribution is 0.0921. The Hall–Kier alpha value is -0.900. The van der Waals surface area contributed by atoms with Gasteiger partial charge in [0.1, 0.15) is 4.60 Å². The van der Waals surface area contributed by atoms with E-state index in [1.54, 1.807) is 18.3 Å². The molecule has 1 N–H and O–H groups in total. The van der Waals surface area contributed by atoms with E-state index in [1.807, 2.05) is 0 Å². The van der Waals surface area contributed by atoms with Crippen LogP contribution in [-0.4, -0.2) is 16.9 Å². The average molecular weight is 325 g/mol. The first kappa shape index (κ1) is 14.5. The molecule has 0 bridgehead atoms. The maximum Gasteiger partial charge on any atom is 0.251 e. The Morgan fingerprint density at radius 3 is 2.79 bits per heavy atom. The van der Waals surface area contributed by atoms with Crippen LogP contribution < -0.4 is 5.32 Å². The van der Waals surface area contributed by atoms with Gasteiger partial charge in [0.25, 0.3) is 5.91 Å².